The maximum atomic E-state index is 13.1. The fraction of sp³-hybridized carbons (Fsp3) is 0.0769. The highest BCUT2D eigenvalue weighted by Gasteiger charge is 2.13. The van der Waals surface area contributed by atoms with Gasteiger partial charge in [0.15, 0.2) is 0 Å². The van der Waals surface area contributed by atoms with Crippen LogP contribution in [0.5, 0.6) is 5.75 Å². The van der Waals surface area contributed by atoms with Crippen LogP contribution < -0.4 is 10.1 Å². The topological polar surface area (TPSA) is 51.2 Å². The van der Waals surface area contributed by atoms with Crippen LogP contribution in [0.25, 0.3) is 0 Å². The van der Waals surface area contributed by atoms with Crippen molar-refractivity contribution < 1.29 is 13.9 Å². The van der Waals surface area contributed by atoms with E-state index >= 15 is 0 Å². The molecule has 4 nitrogen and oxygen atoms in total. The van der Waals surface area contributed by atoms with Gasteiger partial charge in [-0.1, -0.05) is 11.6 Å². The number of pyridine rings is 1. The summed E-state index contributed by atoms with van der Waals surface area (Å²) in [5.41, 5.74) is 0.488. The van der Waals surface area contributed by atoms with Gasteiger partial charge in [-0.2, -0.15) is 0 Å². The van der Waals surface area contributed by atoms with E-state index in [0.29, 0.717) is 15.9 Å². The molecule has 0 radical (unpaired) electrons. The van der Waals surface area contributed by atoms with E-state index in [1.165, 1.54) is 7.11 Å². The van der Waals surface area contributed by atoms with Crippen molar-refractivity contribution in [1.29, 1.82) is 0 Å². The van der Waals surface area contributed by atoms with Gasteiger partial charge in [0.1, 0.15) is 16.7 Å². The van der Waals surface area contributed by atoms with Crippen molar-refractivity contribution in [2.75, 3.05) is 12.4 Å². The lowest BCUT2D eigenvalue weighted by Gasteiger charge is -2.09. The van der Waals surface area contributed by atoms with Crippen LogP contribution in [-0.2, 0) is 0 Å². The summed E-state index contributed by atoms with van der Waals surface area (Å²) in [5, 5.41) is 2.54. The van der Waals surface area contributed by atoms with Crippen molar-refractivity contribution >= 4 is 39.1 Å². The maximum Gasteiger partial charge on any atom is 0.258 e. The molecule has 0 aliphatic rings. The Balaban J connectivity index is 2.23. The molecule has 2 aromatic rings. The van der Waals surface area contributed by atoms with Gasteiger partial charge in [0.2, 0.25) is 0 Å². The van der Waals surface area contributed by atoms with E-state index in [4.69, 9.17) is 16.3 Å². The van der Waals surface area contributed by atoms with Crippen LogP contribution in [0.15, 0.2) is 34.9 Å². The summed E-state index contributed by atoms with van der Waals surface area (Å²) in [6.07, 6.45) is 0.948. The van der Waals surface area contributed by atoms with Gasteiger partial charge in [-0.25, -0.2) is 9.37 Å². The van der Waals surface area contributed by atoms with Crippen molar-refractivity contribution in [1.82, 2.24) is 4.98 Å². The number of benzene rings is 1. The van der Waals surface area contributed by atoms with E-state index in [1.807, 2.05) is 0 Å². The highest BCUT2D eigenvalue weighted by atomic mass is 79.9. The number of anilines is 1. The minimum Gasteiger partial charge on any atom is -0.496 e. The van der Waals surface area contributed by atoms with Gasteiger partial charge in [0, 0.05) is 5.69 Å². The zero-order valence-electron chi connectivity index (χ0n) is 10.3. The SMILES string of the molecule is COc1ccc(NC(=O)c2cc(F)cnc2Cl)cc1Br. The molecule has 2 rings (SSSR count). The van der Waals surface area contributed by atoms with Gasteiger partial charge < -0.3 is 10.1 Å². The lowest BCUT2D eigenvalue weighted by Crippen LogP contribution is -2.13. The van der Waals surface area contributed by atoms with Crippen LogP contribution in [-0.4, -0.2) is 18.0 Å². The molecule has 1 aromatic heterocycles. The number of aromatic nitrogens is 1. The first-order valence-corrected chi connectivity index (χ1v) is 6.64. The van der Waals surface area contributed by atoms with Crippen molar-refractivity contribution in [2.24, 2.45) is 0 Å². The molecule has 0 aliphatic carbocycles. The summed E-state index contributed by atoms with van der Waals surface area (Å²) in [4.78, 5) is 15.6. The minimum atomic E-state index is -0.629. The molecule has 0 unspecified atom stereocenters. The number of hydrogen-bond acceptors (Lipinski definition) is 3. The number of methoxy groups -OCH3 is 1. The van der Waals surface area contributed by atoms with Crippen LogP contribution in [0.2, 0.25) is 5.15 Å². The number of carbonyl (C=O) groups excluding carboxylic acids is 1. The predicted octanol–water partition coefficient (Wildman–Crippen LogP) is 3.90. The fourth-order valence-corrected chi connectivity index (χ4v) is 2.25. The normalized spacial score (nSPS) is 10.2. The first-order valence-electron chi connectivity index (χ1n) is 5.47. The number of amides is 1. The summed E-state index contributed by atoms with van der Waals surface area (Å²) < 4.78 is 18.8. The van der Waals surface area contributed by atoms with Gasteiger partial charge >= 0.3 is 0 Å². The Hall–Kier alpha value is -1.66. The Labute approximate surface area is 128 Å². The van der Waals surface area contributed by atoms with Crippen LogP contribution in [0, 0.1) is 5.82 Å². The van der Waals surface area contributed by atoms with E-state index < -0.39 is 11.7 Å². The van der Waals surface area contributed by atoms with Crippen molar-refractivity contribution in [2.45, 2.75) is 0 Å². The largest absolute Gasteiger partial charge is 0.496 e. The number of nitrogens with zero attached hydrogens (tertiary/aromatic N) is 1. The zero-order valence-corrected chi connectivity index (χ0v) is 12.6. The smallest absolute Gasteiger partial charge is 0.258 e. The van der Waals surface area contributed by atoms with Gasteiger partial charge in [-0.3, -0.25) is 4.79 Å². The first-order chi connectivity index (χ1) is 9.51. The molecule has 1 N–H and O–H groups in total. The van der Waals surface area contributed by atoms with Crippen LogP contribution in [0.1, 0.15) is 10.4 Å². The van der Waals surface area contributed by atoms with E-state index in [9.17, 15) is 9.18 Å². The lowest BCUT2D eigenvalue weighted by molar-refractivity contribution is 0.102. The van der Waals surface area contributed by atoms with Crippen molar-refractivity contribution in [3.05, 3.63) is 51.5 Å². The zero-order chi connectivity index (χ0) is 14.7. The lowest BCUT2D eigenvalue weighted by atomic mass is 10.2. The van der Waals surface area contributed by atoms with Gasteiger partial charge in [0.05, 0.1) is 23.3 Å². The molecule has 0 spiro atoms. The molecular formula is C13H9BrClFN2O2. The van der Waals surface area contributed by atoms with Crippen LogP contribution in [0.4, 0.5) is 10.1 Å². The van der Waals surface area contributed by atoms with Crippen molar-refractivity contribution in [3.8, 4) is 5.75 Å². The summed E-state index contributed by atoms with van der Waals surface area (Å²) in [7, 11) is 1.54. The van der Waals surface area contributed by atoms with E-state index in [-0.39, 0.29) is 10.7 Å². The summed E-state index contributed by atoms with van der Waals surface area (Å²) >= 11 is 9.07. The Morgan fingerprint density at radius 2 is 2.20 bits per heavy atom. The highest BCUT2D eigenvalue weighted by Crippen LogP contribution is 2.28. The number of ether oxygens (including phenoxy) is 1. The molecule has 0 atom stereocenters. The average molecular weight is 360 g/mol. The second kappa shape index (κ2) is 6.19. The monoisotopic (exact) mass is 358 g/mol. The quantitative estimate of drug-likeness (QED) is 0.846. The highest BCUT2D eigenvalue weighted by molar-refractivity contribution is 9.10. The van der Waals surface area contributed by atoms with Crippen molar-refractivity contribution in [3.63, 3.8) is 0 Å². The first kappa shape index (κ1) is 14.7. The predicted molar refractivity (Wildman–Crippen MR) is 77.9 cm³/mol. The van der Waals surface area contributed by atoms with Gasteiger partial charge in [-0.15, -0.1) is 0 Å². The Morgan fingerprint density at radius 3 is 2.85 bits per heavy atom. The Kier molecular flexibility index (Phi) is 4.57. The second-order valence-electron chi connectivity index (χ2n) is 3.80. The molecule has 0 aliphatic heterocycles. The number of carbonyl (C=O) groups is 1. The van der Waals surface area contributed by atoms with E-state index in [0.717, 1.165) is 12.3 Å². The van der Waals surface area contributed by atoms with Gasteiger partial charge in [-0.05, 0) is 40.2 Å². The summed E-state index contributed by atoms with van der Waals surface area (Å²) in [6, 6.07) is 6.04. The molecule has 1 aromatic carbocycles. The molecule has 7 heteroatoms. The summed E-state index contributed by atoms with van der Waals surface area (Å²) in [6.45, 7) is 0. The minimum absolute atomic E-state index is 0.0291. The number of halogens is 3. The third-order valence-corrected chi connectivity index (χ3v) is 3.38. The standard InChI is InChI=1S/C13H9BrClFN2O2/c1-20-11-3-2-8(5-10(11)14)18-13(19)9-4-7(16)6-17-12(9)15/h2-6H,1H3,(H,18,19). The average Bonchev–Trinajstić information content (AvgIpc) is 2.41. The maximum absolute atomic E-state index is 13.1. The fourth-order valence-electron chi connectivity index (χ4n) is 1.52. The molecule has 104 valence electrons. The third-order valence-electron chi connectivity index (χ3n) is 2.46. The molecule has 0 fully saturated rings. The molecule has 1 amide bonds. The third kappa shape index (κ3) is 3.26. The van der Waals surface area contributed by atoms with E-state index in [1.54, 1.807) is 18.2 Å². The molecule has 0 bridgehead atoms. The number of nitrogens with one attached hydrogen (secondary N) is 1. The molecule has 20 heavy (non-hydrogen) atoms. The molecule has 0 saturated heterocycles. The molecular weight excluding hydrogens is 351 g/mol. The summed E-state index contributed by atoms with van der Waals surface area (Å²) in [5.74, 6) is -0.539. The Morgan fingerprint density at radius 1 is 1.45 bits per heavy atom. The second-order valence-corrected chi connectivity index (χ2v) is 5.01. The number of hydrogen-bond donors (Lipinski definition) is 1. The van der Waals surface area contributed by atoms with Crippen LogP contribution >= 0.6 is 27.5 Å². The van der Waals surface area contributed by atoms with E-state index in [2.05, 4.69) is 26.2 Å². The van der Waals surface area contributed by atoms with Gasteiger partial charge in [0.25, 0.3) is 5.91 Å². The molecule has 0 saturated carbocycles. The Bertz CT molecular complexity index is 667. The molecule has 1 heterocycles. The van der Waals surface area contributed by atoms with Crippen LogP contribution in [0.3, 0.4) is 0 Å². The number of rotatable bonds is 3.